The molecular formula is C9H8BrN3O. The van der Waals surface area contributed by atoms with E-state index in [1.54, 1.807) is 6.20 Å². The van der Waals surface area contributed by atoms with Gasteiger partial charge in [-0.3, -0.25) is 9.20 Å². The summed E-state index contributed by atoms with van der Waals surface area (Å²) in [6.07, 6.45) is 3.53. The first kappa shape index (κ1) is 9.21. The van der Waals surface area contributed by atoms with Gasteiger partial charge in [0.05, 0.1) is 11.9 Å². The van der Waals surface area contributed by atoms with Crippen molar-refractivity contribution in [2.75, 3.05) is 5.32 Å². The monoisotopic (exact) mass is 253 g/mol. The van der Waals surface area contributed by atoms with Crippen molar-refractivity contribution in [3.05, 3.63) is 29.1 Å². The SMILES string of the molecule is CC(=O)Nc1ccc2ncc(Br)n2c1. The number of hydrogen-bond donors (Lipinski definition) is 1. The molecule has 0 aliphatic carbocycles. The Morgan fingerprint density at radius 3 is 3.07 bits per heavy atom. The summed E-state index contributed by atoms with van der Waals surface area (Å²) in [4.78, 5) is 15.0. The summed E-state index contributed by atoms with van der Waals surface area (Å²) < 4.78 is 2.71. The molecule has 2 aromatic rings. The number of aromatic nitrogens is 2. The van der Waals surface area contributed by atoms with Crippen molar-refractivity contribution in [2.45, 2.75) is 6.92 Å². The number of amides is 1. The van der Waals surface area contributed by atoms with Crippen LogP contribution in [0.15, 0.2) is 29.1 Å². The van der Waals surface area contributed by atoms with Gasteiger partial charge in [-0.15, -0.1) is 0 Å². The normalized spacial score (nSPS) is 10.4. The number of carbonyl (C=O) groups excluding carboxylic acids is 1. The van der Waals surface area contributed by atoms with Crippen LogP contribution >= 0.6 is 15.9 Å². The highest BCUT2D eigenvalue weighted by Gasteiger charge is 2.01. The lowest BCUT2D eigenvalue weighted by Crippen LogP contribution is -2.06. The molecule has 5 heteroatoms. The maximum atomic E-state index is 10.8. The predicted molar refractivity (Wildman–Crippen MR) is 57.2 cm³/mol. The maximum Gasteiger partial charge on any atom is 0.221 e. The molecular weight excluding hydrogens is 246 g/mol. The Kier molecular flexibility index (Phi) is 2.25. The van der Waals surface area contributed by atoms with Crippen LogP contribution in [-0.4, -0.2) is 15.3 Å². The minimum atomic E-state index is -0.0828. The summed E-state index contributed by atoms with van der Waals surface area (Å²) in [5.41, 5.74) is 1.59. The zero-order chi connectivity index (χ0) is 10.1. The molecule has 1 N–H and O–H groups in total. The van der Waals surface area contributed by atoms with Crippen molar-refractivity contribution in [3.8, 4) is 0 Å². The summed E-state index contributed by atoms with van der Waals surface area (Å²) >= 11 is 3.35. The van der Waals surface area contributed by atoms with Crippen LogP contribution in [0.4, 0.5) is 5.69 Å². The van der Waals surface area contributed by atoms with Gasteiger partial charge in [0, 0.05) is 13.1 Å². The van der Waals surface area contributed by atoms with Crippen molar-refractivity contribution in [2.24, 2.45) is 0 Å². The first-order valence-corrected chi connectivity index (χ1v) is 4.86. The highest BCUT2D eigenvalue weighted by molar-refractivity contribution is 9.10. The fourth-order valence-electron chi connectivity index (χ4n) is 1.23. The van der Waals surface area contributed by atoms with Gasteiger partial charge in [0.25, 0.3) is 0 Å². The van der Waals surface area contributed by atoms with E-state index in [4.69, 9.17) is 0 Å². The number of imidazole rings is 1. The fourth-order valence-corrected chi connectivity index (χ4v) is 1.61. The van der Waals surface area contributed by atoms with Gasteiger partial charge in [0.2, 0.25) is 5.91 Å². The second kappa shape index (κ2) is 3.42. The molecule has 72 valence electrons. The van der Waals surface area contributed by atoms with Crippen LogP contribution in [0, 0.1) is 0 Å². The molecule has 0 saturated heterocycles. The average Bonchev–Trinajstić information content (AvgIpc) is 2.47. The molecule has 0 unspecified atom stereocenters. The van der Waals surface area contributed by atoms with E-state index >= 15 is 0 Å². The van der Waals surface area contributed by atoms with Gasteiger partial charge < -0.3 is 5.32 Å². The third kappa shape index (κ3) is 1.63. The number of pyridine rings is 1. The smallest absolute Gasteiger partial charge is 0.221 e. The molecule has 0 aliphatic rings. The Hall–Kier alpha value is -1.36. The Morgan fingerprint density at radius 1 is 1.57 bits per heavy atom. The molecule has 2 aromatic heterocycles. The molecule has 0 atom stereocenters. The Labute approximate surface area is 89.1 Å². The quantitative estimate of drug-likeness (QED) is 0.846. The van der Waals surface area contributed by atoms with Crippen LogP contribution in [0.1, 0.15) is 6.92 Å². The van der Waals surface area contributed by atoms with Gasteiger partial charge in [-0.05, 0) is 28.1 Å². The Bertz CT molecular complexity index is 492. The van der Waals surface area contributed by atoms with Crippen LogP contribution in [-0.2, 0) is 4.79 Å². The van der Waals surface area contributed by atoms with Crippen LogP contribution in [0.25, 0.3) is 5.65 Å². The molecule has 0 bridgehead atoms. The summed E-state index contributed by atoms with van der Waals surface area (Å²) in [7, 11) is 0. The van der Waals surface area contributed by atoms with Crippen LogP contribution in [0.2, 0.25) is 0 Å². The summed E-state index contributed by atoms with van der Waals surface area (Å²) in [6.45, 7) is 1.48. The topological polar surface area (TPSA) is 46.4 Å². The predicted octanol–water partition coefficient (Wildman–Crippen LogP) is 2.06. The molecule has 2 heterocycles. The standard InChI is InChI=1S/C9H8BrN3O/c1-6(14)12-7-2-3-9-11-4-8(10)13(9)5-7/h2-5H,1H3,(H,12,14). The number of nitrogens with one attached hydrogen (secondary N) is 1. The number of hydrogen-bond acceptors (Lipinski definition) is 2. The van der Waals surface area contributed by atoms with Gasteiger partial charge in [0.15, 0.2) is 0 Å². The van der Waals surface area contributed by atoms with E-state index in [0.717, 1.165) is 15.9 Å². The van der Waals surface area contributed by atoms with Crippen molar-refractivity contribution >= 4 is 33.2 Å². The number of nitrogens with zero attached hydrogens (tertiary/aromatic N) is 2. The number of rotatable bonds is 1. The fraction of sp³-hybridized carbons (Fsp3) is 0.111. The molecule has 0 saturated carbocycles. The first-order chi connectivity index (χ1) is 6.66. The van der Waals surface area contributed by atoms with Gasteiger partial charge in [-0.25, -0.2) is 4.98 Å². The summed E-state index contributed by atoms with van der Waals surface area (Å²) in [5, 5.41) is 2.71. The second-order valence-corrected chi connectivity index (χ2v) is 3.72. The lowest BCUT2D eigenvalue weighted by Gasteiger charge is -2.02. The minimum absolute atomic E-state index is 0.0828. The molecule has 0 aliphatic heterocycles. The zero-order valence-electron chi connectivity index (χ0n) is 7.49. The average molecular weight is 254 g/mol. The largest absolute Gasteiger partial charge is 0.325 e. The van der Waals surface area contributed by atoms with Crippen molar-refractivity contribution in [1.29, 1.82) is 0 Å². The molecule has 14 heavy (non-hydrogen) atoms. The number of halogens is 1. The Morgan fingerprint density at radius 2 is 2.36 bits per heavy atom. The van der Waals surface area contributed by atoms with Crippen molar-refractivity contribution in [3.63, 3.8) is 0 Å². The van der Waals surface area contributed by atoms with Gasteiger partial charge in [-0.1, -0.05) is 0 Å². The van der Waals surface area contributed by atoms with Gasteiger partial charge in [-0.2, -0.15) is 0 Å². The molecule has 1 amide bonds. The van der Waals surface area contributed by atoms with E-state index in [1.165, 1.54) is 6.92 Å². The van der Waals surface area contributed by atoms with Crippen LogP contribution in [0.5, 0.6) is 0 Å². The molecule has 0 radical (unpaired) electrons. The van der Waals surface area contributed by atoms with E-state index in [2.05, 4.69) is 26.2 Å². The molecule has 0 aromatic carbocycles. The summed E-state index contributed by atoms with van der Waals surface area (Å²) in [5.74, 6) is -0.0828. The van der Waals surface area contributed by atoms with E-state index in [1.807, 2.05) is 22.7 Å². The second-order valence-electron chi connectivity index (χ2n) is 2.91. The lowest BCUT2D eigenvalue weighted by molar-refractivity contribution is -0.114. The van der Waals surface area contributed by atoms with Crippen LogP contribution in [0.3, 0.4) is 0 Å². The highest BCUT2D eigenvalue weighted by Crippen LogP contribution is 2.16. The third-order valence-electron chi connectivity index (χ3n) is 1.78. The number of carbonyl (C=O) groups is 1. The van der Waals surface area contributed by atoms with Gasteiger partial charge in [0.1, 0.15) is 10.3 Å². The highest BCUT2D eigenvalue weighted by atomic mass is 79.9. The first-order valence-electron chi connectivity index (χ1n) is 4.07. The molecule has 0 fully saturated rings. The molecule has 2 rings (SSSR count). The maximum absolute atomic E-state index is 10.8. The van der Waals surface area contributed by atoms with E-state index < -0.39 is 0 Å². The molecule has 4 nitrogen and oxygen atoms in total. The van der Waals surface area contributed by atoms with E-state index in [-0.39, 0.29) is 5.91 Å². The Balaban J connectivity index is 2.49. The van der Waals surface area contributed by atoms with Crippen LogP contribution < -0.4 is 5.32 Å². The van der Waals surface area contributed by atoms with Crippen molar-refractivity contribution < 1.29 is 4.79 Å². The lowest BCUT2D eigenvalue weighted by atomic mass is 10.4. The summed E-state index contributed by atoms with van der Waals surface area (Å²) in [6, 6.07) is 3.66. The number of anilines is 1. The number of fused-ring (bicyclic) bond motifs is 1. The van der Waals surface area contributed by atoms with E-state index in [0.29, 0.717) is 0 Å². The van der Waals surface area contributed by atoms with Crippen molar-refractivity contribution in [1.82, 2.24) is 9.38 Å². The van der Waals surface area contributed by atoms with Gasteiger partial charge >= 0.3 is 0 Å². The van der Waals surface area contributed by atoms with E-state index in [9.17, 15) is 4.79 Å². The third-order valence-corrected chi connectivity index (χ3v) is 2.37. The molecule has 0 spiro atoms. The minimum Gasteiger partial charge on any atom is -0.325 e. The zero-order valence-corrected chi connectivity index (χ0v) is 9.08.